The zero-order chi connectivity index (χ0) is 20.1. The minimum absolute atomic E-state index is 0.0773. The molecule has 0 saturated heterocycles. The number of carbonyl (C=O) groups excluding carboxylic acids is 1. The molecular formula is C20H19FN2O3S2. The van der Waals surface area contributed by atoms with Crippen molar-refractivity contribution in [3.05, 3.63) is 82.8 Å². The van der Waals surface area contributed by atoms with Crippen LogP contribution in [0, 0.1) is 5.82 Å². The highest BCUT2D eigenvalue weighted by atomic mass is 32.2. The van der Waals surface area contributed by atoms with Crippen LogP contribution in [0.25, 0.3) is 0 Å². The number of thiophene rings is 1. The van der Waals surface area contributed by atoms with Gasteiger partial charge in [0.2, 0.25) is 5.91 Å². The second kappa shape index (κ2) is 8.53. The summed E-state index contributed by atoms with van der Waals surface area (Å²) in [6.07, 6.45) is 0. The van der Waals surface area contributed by atoms with Crippen molar-refractivity contribution in [1.82, 2.24) is 4.90 Å². The summed E-state index contributed by atoms with van der Waals surface area (Å²) in [6, 6.07) is 16.8. The van der Waals surface area contributed by atoms with Gasteiger partial charge in [0, 0.05) is 11.9 Å². The van der Waals surface area contributed by atoms with Crippen molar-refractivity contribution in [1.29, 1.82) is 0 Å². The Bertz CT molecular complexity index is 1020. The first kappa shape index (κ1) is 20.0. The van der Waals surface area contributed by atoms with Crippen LogP contribution >= 0.6 is 11.3 Å². The molecule has 0 fully saturated rings. The lowest BCUT2D eigenvalue weighted by molar-refractivity contribution is -0.128. The summed E-state index contributed by atoms with van der Waals surface area (Å²) in [5, 5.41) is 1.92. The molecule has 0 unspecified atom stereocenters. The molecule has 0 spiro atoms. The van der Waals surface area contributed by atoms with E-state index in [9.17, 15) is 17.6 Å². The monoisotopic (exact) mass is 418 g/mol. The summed E-state index contributed by atoms with van der Waals surface area (Å²) in [6.45, 7) is 0.0430. The highest BCUT2D eigenvalue weighted by Crippen LogP contribution is 2.24. The average Bonchev–Trinajstić information content (AvgIpc) is 3.19. The van der Waals surface area contributed by atoms with E-state index in [0.717, 1.165) is 21.3 Å². The zero-order valence-electron chi connectivity index (χ0n) is 15.2. The van der Waals surface area contributed by atoms with Crippen LogP contribution in [0.1, 0.15) is 4.88 Å². The van der Waals surface area contributed by atoms with Crippen molar-refractivity contribution < 1.29 is 17.6 Å². The van der Waals surface area contributed by atoms with Crippen LogP contribution in [-0.2, 0) is 21.4 Å². The number of benzene rings is 2. The van der Waals surface area contributed by atoms with E-state index in [1.165, 1.54) is 28.4 Å². The molecule has 0 aliphatic carbocycles. The first-order chi connectivity index (χ1) is 13.4. The molecule has 8 heteroatoms. The molecule has 1 aromatic heterocycles. The van der Waals surface area contributed by atoms with Gasteiger partial charge in [0.15, 0.2) is 0 Å². The summed E-state index contributed by atoms with van der Waals surface area (Å²) in [5.41, 5.74) is 0.365. The number of carbonyl (C=O) groups is 1. The molecule has 0 radical (unpaired) electrons. The lowest BCUT2D eigenvalue weighted by Crippen LogP contribution is -2.41. The molecule has 0 aliphatic heterocycles. The Balaban J connectivity index is 1.89. The third kappa shape index (κ3) is 4.58. The smallest absolute Gasteiger partial charge is 0.264 e. The van der Waals surface area contributed by atoms with Crippen LogP contribution in [0.15, 0.2) is 77.0 Å². The lowest BCUT2D eigenvalue weighted by atomic mass is 10.3. The van der Waals surface area contributed by atoms with E-state index in [-0.39, 0.29) is 17.3 Å². The Kier molecular flexibility index (Phi) is 6.11. The Morgan fingerprint density at radius 1 is 1.00 bits per heavy atom. The molecule has 1 heterocycles. The first-order valence-electron chi connectivity index (χ1n) is 8.47. The first-order valence-corrected chi connectivity index (χ1v) is 10.8. The predicted octanol–water partition coefficient (Wildman–Crippen LogP) is 3.74. The third-order valence-electron chi connectivity index (χ3n) is 4.12. The molecule has 0 saturated carbocycles. The van der Waals surface area contributed by atoms with E-state index in [2.05, 4.69) is 0 Å². The summed E-state index contributed by atoms with van der Waals surface area (Å²) in [5.74, 6) is -0.875. The number of hydrogen-bond acceptors (Lipinski definition) is 4. The van der Waals surface area contributed by atoms with E-state index in [1.807, 2.05) is 17.5 Å². The maximum Gasteiger partial charge on any atom is 0.264 e. The van der Waals surface area contributed by atoms with Gasteiger partial charge in [0.1, 0.15) is 12.4 Å². The van der Waals surface area contributed by atoms with E-state index in [0.29, 0.717) is 12.2 Å². The fourth-order valence-electron chi connectivity index (χ4n) is 2.61. The highest BCUT2D eigenvalue weighted by Gasteiger charge is 2.28. The largest absolute Gasteiger partial charge is 0.339 e. The van der Waals surface area contributed by atoms with E-state index < -0.39 is 15.8 Å². The minimum atomic E-state index is -4.04. The second-order valence-electron chi connectivity index (χ2n) is 6.13. The molecule has 2 aromatic carbocycles. The highest BCUT2D eigenvalue weighted by molar-refractivity contribution is 7.92. The molecule has 1 amide bonds. The molecule has 0 atom stereocenters. The second-order valence-corrected chi connectivity index (χ2v) is 9.02. The van der Waals surface area contributed by atoms with Gasteiger partial charge in [-0.3, -0.25) is 9.10 Å². The van der Waals surface area contributed by atoms with Crippen LogP contribution in [0.3, 0.4) is 0 Å². The summed E-state index contributed by atoms with van der Waals surface area (Å²) >= 11 is 1.53. The van der Waals surface area contributed by atoms with E-state index in [1.54, 1.807) is 37.4 Å². The van der Waals surface area contributed by atoms with E-state index in [4.69, 9.17) is 0 Å². The Labute approximate surface area is 167 Å². The number of likely N-dealkylation sites (N-methyl/N-ethyl adjacent to an activating group) is 1. The third-order valence-corrected chi connectivity index (χ3v) is 6.77. The van der Waals surface area contributed by atoms with Crippen LogP contribution in [-0.4, -0.2) is 32.8 Å². The number of nitrogens with zero attached hydrogens (tertiary/aromatic N) is 2. The number of hydrogen-bond donors (Lipinski definition) is 0. The van der Waals surface area contributed by atoms with Crippen molar-refractivity contribution in [2.45, 2.75) is 11.4 Å². The molecule has 5 nitrogen and oxygen atoms in total. The van der Waals surface area contributed by atoms with Gasteiger partial charge >= 0.3 is 0 Å². The molecule has 0 aliphatic rings. The molecule has 146 valence electrons. The Morgan fingerprint density at radius 2 is 1.68 bits per heavy atom. The van der Waals surface area contributed by atoms with Crippen molar-refractivity contribution in [3.63, 3.8) is 0 Å². The number of sulfonamides is 1. The van der Waals surface area contributed by atoms with Crippen LogP contribution in [0.5, 0.6) is 0 Å². The molecular weight excluding hydrogens is 399 g/mol. The van der Waals surface area contributed by atoms with Crippen molar-refractivity contribution >= 4 is 33.0 Å². The topological polar surface area (TPSA) is 57.7 Å². The van der Waals surface area contributed by atoms with E-state index >= 15 is 0 Å². The predicted molar refractivity (Wildman–Crippen MR) is 108 cm³/mol. The van der Waals surface area contributed by atoms with Gasteiger partial charge in [-0.25, -0.2) is 12.8 Å². The normalized spacial score (nSPS) is 11.2. The standard InChI is InChI=1S/C20H19FN2O3S2/c1-22(14-18-8-5-13-27-18)20(24)15-23(17-6-3-2-4-7-17)28(25,26)19-11-9-16(21)10-12-19/h2-13H,14-15H2,1H3. The number of rotatable bonds is 7. The van der Waals surface area contributed by atoms with Crippen molar-refractivity contribution in [2.24, 2.45) is 0 Å². The summed E-state index contributed by atoms with van der Waals surface area (Å²) in [4.78, 5) is 15.2. The van der Waals surface area contributed by atoms with Crippen molar-refractivity contribution in [3.8, 4) is 0 Å². The van der Waals surface area contributed by atoms with Crippen molar-refractivity contribution in [2.75, 3.05) is 17.9 Å². The number of anilines is 1. The van der Waals surface area contributed by atoms with Crippen LogP contribution in [0.4, 0.5) is 10.1 Å². The van der Waals surface area contributed by atoms with Crippen LogP contribution in [0.2, 0.25) is 0 Å². The number of halogens is 1. The lowest BCUT2D eigenvalue weighted by Gasteiger charge is -2.26. The SMILES string of the molecule is CN(Cc1cccs1)C(=O)CN(c1ccccc1)S(=O)(=O)c1ccc(F)cc1. The van der Waals surface area contributed by atoms with Gasteiger partial charge in [-0.15, -0.1) is 11.3 Å². The molecule has 3 aromatic rings. The molecule has 28 heavy (non-hydrogen) atoms. The fraction of sp³-hybridized carbons (Fsp3) is 0.150. The maximum atomic E-state index is 13.2. The van der Waals surface area contributed by atoms with Gasteiger partial charge in [-0.05, 0) is 47.8 Å². The van der Waals surface area contributed by atoms with Gasteiger partial charge in [-0.2, -0.15) is 0 Å². The van der Waals surface area contributed by atoms with Gasteiger partial charge in [-0.1, -0.05) is 24.3 Å². The fourth-order valence-corrected chi connectivity index (χ4v) is 4.78. The van der Waals surface area contributed by atoms with Gasteiger partial charge < -0.3 is 4.90 Å². The van der Waals surface area contributed by atoms with Gasteiger partial charge in [0.05, 0.1) is 17.1 Å². The molecule has 0 N–H and O–H groups in total. The molecule has 0 bridgehead atoms. The zero-order valence-corrected chi connectivity index (χ0v) is 16.8. The summed E-state index contributed by atoms with van der Waals surface area (Å²) in [7, 11) is -2.41. The summed E-state index contributed by atoms with van der Waals surface area (Å²) < 4.78 is 40.6. The Morgan fingerprint density at radius 3 is 2.29 bits per heavy atom. The van der Waals surface area contributed by atoms with Crippen LogP contribution < -0.4 is 4.31 Å². The minimum Gasteiger partial charge on any atom is -0.339 e. The number of para-hydroxylation sites is 1. The quantitative estimate of drug-likeness (QED) is 0.587. The average molecular weight is 419 g/mol. The maximum absolute atomic E-state index is 13.2. The van der Waals surface area contributed by atoms with Gasteiger partial charge in [0.25, 0.3) is 10.0 Å². The molecule has 3 rings (SSSR count). The Hall–Kier alpha value is -2.71. The number of amides is 1.